The summed E-state index contributed by atoms with van der Waals surface area (Å²) >= 11 is 0. The van der Waals surface area contributed by atoms with Crippen molar-refractivity contribution in [2.45, 2.75) is 84.2 Å². The lowest BCUT2D eigenvalue weighted by Gasteiger charge is -2.64. The number of hydrogen-bond donors (Lipinski definition) is 0. The van der Waals surface area contributed by atoms with Crippen LogP contribution in [0, 0.1) is 23.2 Å². The van der Waals surface area contributed by atoms with E-state index in [0.717, 1.165) is 25.2 Å². The van der Waals surface area contributed by atoms with Gasteiger partial charge in [0.2, 0.25) is 0 Å². The molecular weight excluding hydrogens is 352 g/mol. The van der Waals surface area contributed by atoms with Crippen LogP contribution < -0.4 is 0 Å². The number of ether oxygens (including phenoxy) is 2. The normalized spacial score (nSPS) is 35.5. The Bertz CT molecular complexity index is 646. The summed E-state index contributed by atoms with van der Waals surface area (Å²) in [7, 11) is 0. The summed E-state index contributed by atoms with van der Waals surface area (Å²) < 4.78 is 11.4. The van der Waals surface area contributed by atoms with Gasteiger partial charge < -0.3 is 9.47 Å². The molecule has 0 amide bonds. The van der Waals surface area contributed by atoms with Gasteiger partial charge in [-0.15, -0.1) is 0 Å². The Morgan fingerprint density at radius 3 is 2.25 bits per heavy atom. The molecule has 0 N–H and O–H groups in total. The van der Waals surface area contributed by atoms with Gasteiger partial charge in [-0.2, -0.15) is 0 Å². The molecule has 28 heavy (non-hydrogen) atoms. The first-order chi connectivity index (χ1) is 13.2. The van der Waals surface area contributed by atoms with Crippen LogP contribution in [0.3, 0.4) is 0 Å². The molecule has 0 heterocycles. The van der Waals surface area contributed by atoms with E-state index in [1.165, 1.54) is 32.1 Å². The zero-order valence-electron chi connectivity index (χ0n) is 17.9. The molecule has 4 heteroatoms. The SMILES string of the molecule is C=C(C)C(=O)OCCC(=C)C(=O)OC1(CCCC)C2CC3CC1CC(C)(C3)C2. The zero-order valence-corrected chi connectivity index (χ0v) is 17.9. The Balaban J connectivity index is 1.66. The van der Waals surface area contributed by atoms with Gasteiger partial charge in [0.1, 0.15) is 5.60 Å². The van der Waals surface area contributed by atoms with Crippen LogP contribution in [0.15, 0.2) is 24.3 Å². The highest BCUT2D eigenvalue weighted by atomic mass is 16.6. The molecule has 4 saturated carbocycles. The molecule has 0 aromatic carbocycles. The summed E-state index contributed by atoms with van der Waals surface area (Å²) in [5.41, 5.74) is 0.868. The van der Waals surface area contributed by atoms with Crippen LogP contribution in [-0.4, -0.2) is 24.1 Å². The average molecular weight is 389 g/mol. The predicted molar refractivity (Wildman–Crippen MR) is 110 cm³/mol. The van der Waals surface area contributed by atoms with E-state index in [1.807, 2.05) is 0 Å². The number of rotatable bonds is 9. The highest BCUT2D eigenvalue weighted by Crippen LogP contribution is 2.65. The Kier molecular flexibility index (Phi) is 6.07. The highest BCUT2D eigenvalue weighted by Gasteiger charge is 2.62. The molecule has 4 aliphatic rings. The summed E-state index contributed by atoms with van der Waals surface area (Å²) in [6.07, 6.45) is 9.57. The summed E-state index contributed by atoms with van der Waals surface area (Å²) in [4.78, 5) is 24.4. The van der Waals surface area contributed by atoms with E-state index in [2.05, 4.69) is 27.0 Å². The van der Waals surface area contributed by atoms with Crippen molar-refractivity contribution in [2.75, 3.05) is 6.61 Å². The van der Waals surface area contributed by atoms with Crippen molar-refractivity contribution in [1.82, 2.24) is 0 Å². The van der Waals surface area contributed by atoms with Gasteiger partial charge in [-0.3, -0.25) is 0 Å². The maximum Gasteiger partial charge on any atom is 0.334 e. The van der Waals surface area contributed by atoms with E-state index in [-0.39, 0.29) is 18.2 Å². The lowest BCUT2D eigenvalue weighted by Crippen LogP contribution is -2.62. The molecule has 4 fully saturated rings. The van der Waals surface area contributed by atoms with Gasteiger partial charge in [0.25, 0.3) is 0 Å². The summed E-state index contributed by atoms with van der Waals surface area (Å²) in [6, 6.07) is 0. The van der Waals surface area contributed by atoms with Crippen molar-refractivity contribution in [3.8, 4) is 0 Å². The predicted octanol–water partition coefficient (Wildman–Crippen LogP) is 5.37. The van der Waals surface area contributed by atoms with E-state index in [4.69, 9.17) is 9.47 Å². The van der Waals surface area contributed by atoms with Gasteiger partial charge in [0.15, 0.2) is 0 Å². The van der Waals surface area contributed by atoms with Crippen molar-refractivity contribution >= 4 is 11.9 Å². The maximum atomic E-state index is 12.9. The lowest BCUT2D eigenvalue weighted by atomic mass is 9.44. The second kappa shape index (κ2) is 8.04. The average Bonchev–Trinajstić information content (AvgIpc) is 2.61. The van der Waals surface area contributed by atoms with Gasteiger partial charge >= 0.3 is 11.9 Å². The van der Waals surface area contributed by atoms with E-state index >= 15 is 0 Å². The number of esters is 2. The Morgan fingerprint density at radius 2 is 1.71 bits per heavy atom. The van der Waals surface area contributed by atoms with Crippen LogP contribution in [0.1, 0.15) is 78.6 Å². The lowest BCUT2D eigenvalue weighted by molar-refractivity contribution is -0.223. The molecule has 4 nitrogen and oxygen atoms in total. The zero-order chi connectivity index (χ0) is 20.5. The number of carbonyl (C=O) groups is 2. The molecule has 0 radical (unpaired) electrons. The molecule has 2 unspecified atom stereocenters. The molecule has 156 valence electrons. The minimum atomic E-state index is -0.435. The van der Waals surface area contributed by atoms with Crippen LogP contribution in [0.5, 0.6) is 0 Å². The van der Waals surface area contributed by atoms with Crippen molar-refractivity contribution in [3.63, 3.8) is 0 Å². The minimum Gasteiger partial charge on any atom is -0.462 e. The topological polar surface area (TPSA) is 52.6 Å². The van der Waals surface area contributed by atoms with Gasteiger partial charge in [-0.25, -0.2) is 9.59 Å². The maximum absolute atomic E-state index is 12.9. The Morgan fingerprint density at radius 1 is 1.07 bits per heavy atom. The van der Waals surface area contributed by atoms with E-state index < -0.39 is 5.97 Å². The minimum absolute atomic E-state index is 0.134. The molecule has 2 atom stereocenters. The highest BCUT2D eigenvalue weighted by molar-refractivity contribution is 5.88. The third-order valence-corrected chi connectivity index (χ3v) is 7.36. The Labute approximate surface area is 169 Å². The van der Waals surface area contributed by atoms with Gasteiger partial charge in [0.05, 0.1) is 6.61 Å². The van der Waals surface area contributed by atoms with Crippen LogP contribution in [0.2, 0.25) is 0 Å². The molecule has 0 spiro atoms. The van der Waals surface area contributed by atoms with Crippen LogP contribution in [-0.2, 0) is 19.1 Å². The Hall–Kier alpha value is -1.58. The fraction of sp³-hybridized carbons (Fsp3) is 0.750. The third kappa shape index (κ3) is 4.06. The smallest absolute Gasteiger partial charge is 0.334 e. The fourth-order valence-electron chi connectivity index (χ4n) is 6.26. The molecule has 0 aromatic heterocycles. The molecule has 0 saturated heterocycles. The van der Waals surface area contributed by atoms with Crippen molar-refractivity contribution in [3.05, 3.63) is 24.3 Å². The van der Waals surface area contributed by atoms with Crippen LogP contribution in [0.4, 0.5) is 0 Å². The van der Waals surface area contributed by atoms with Crippen LogP contribution in [0.25, 0.3) is 0 Å². The standard InChI is InChI=1S/C24H36O4/c1-6-7-9-24(19-11-18-12-20(24)15-23(5,13-18)14-19)28-22(26)17(4)8-10-27-21(25)16(2)3/h18-20H,2,4,6-15H2,1,3,5H3. The molecule has 0 aromatic rings. The largest absolute Gasteiger partial charge is 0.462 e. The second-order valence-corrected chi connectivity index (χ2v) is 9.87. The molecular formula is C24H36O4. The van der Waals surface area contributed by atoms with Gasteiger partial charge in [-0.1, -0.05) is 33.4 Å². The summed E-state index contributed by atoms with van der Waals surface area (Å²) in [6.45, 7) is 13.8. The fourth-order valence-corrected chi connectivity index (χ4v) is 6.26. The number of unbranched alkanes of at least 4 members (excludes halogenated alkanes) is 1. The summed E-state index contributed by atoms with van der Waals surface area (Å²) in [5.74, 6) is 1.03. The third-order valence-electron chi connectivity index (χ3n) is 7.36. The van der Waals surface area contributed by atoms with Gasteiger partial charge in [0, 0.05) is 17.6 Å². The summed E-state index contributed by atoms with van der Waals surface area (Å²) in [5, 5.41) is 0. The second-order valence-electron chi connectivity index (χ2n) is 9.87. The van der Waals surface area contributed by atoms with E-state index in [9.17, 15) is 9.59 Å². The number of hydrogen-bond acceptors (Lipinski definition) is 4. The quantitative estimate of drug-likeness (QED) is 0.393. The van der Waals surface area contributed by atoms with E-state index in [0.29, 0.717) is 34.8 Å². The van der Waals surface area contributed by atoms with Crippen molar-refractivity contribution in [2.24, 2.45) is 23.2 Å². The van der Waals surface area contributed by atoms with E-state index in [1.54, 1.807) is 6.92 Å². The monoisotopic (exact) mass is 388 g/mol. The van der Waals surface area contributed by atoms with Gasteiger partial charge in [-0.05, 0) is 75.0 Å². The first-order valence-corrected chi connectivity index (χ1v) is 10.9. The molecule has 0 aliphatic heterocycles. The molecule has 4 rings (SSSR count). The molecule has 4 aliphatic carbocycles. The van der Waals surface area contributed by atoms with Crippen LogP contribution >= 0.6 is 0 Å². The number of carbonyl (C=O) groups excluding carboxylic acids is 2. The van der Waals surface area contributed by atoms with Crippen molar-refractivity contribution < 1.29 is 19.1 Å². The van der Waals surface area contributed by atoms with Crippen molar-refractivity contribution in [1.29, 1.82) is 0 Å². The first-order valence-electron chi connectivity index (χ1n) is 10.9. The first kappa shape index (κ1) is 21.1. The molecule has 4 bridgehead atoms.